The van der Waals surface area contributed by atoms with Crippen molar-refractivity contribution in [2.24, 2.45) is 0 Å². The molecule has 1 aromatic carbocycles. The minimum absolute atomic E-state index is 0.0472. The van der Waals surface area contributed by atoms with Gasteiger partial charge in [-0.1, -0.05) is 19.8 Å². The van der Waals surface area contributed by atoms with Crippen LogP contribution in [-0.2, 0) is 4.79 Å². The predicted octanol–water partition coefficient (Wildman–Crippen LogP) is 4.70. The normalized spacial score (nSPS) is 16.8. The highest BCUT2D eigenvalue weighted by Crippen LogP contribution is 2.39. The van der Waals surface area contributed by atoms with Gasteiger partial charge >= 0.3 is 12.1 Å². The average Bonchev–Trinajstić information content (AvgIpc) is 2.52. The lowest BCUT2D eigenvalue weighted by atomic mass is 10.0. The Morgan fingerprint density at radius 2 is 2.12 bits per heavy atom. The highest BCUT2D eigenvalue weighted by molar-refractivity contribution is 7.95. The van der Waals surface area contributed by atoms with Crippen LogP contribution in [0.3, 0.4) is 0 Å². The second kappa shape index (κ2) is 7.83. The van der Waals surface area contributed by atoms with Gasteiger partial charge in [-0.2, -0.15) is 13.2 Å². The van der Waals surface area contributed by atoms with E-state index in [1.54, 1.807) is 6.07 Å². The lowest BCUT2D eigenvalue weighted by Gasteiger charge is -2.27. The zero-order chi connectivity index (χ0) is 17.7. The molecule has 0 bridgehead atoms. The molecule has 8 heteroatoms. The van der Waals surface area contributed by atoms with Gasteiger partial charge in [0, 0.05) is 17.4 Å². The van der Waals surface area contributed by atoms with E-state index in [0.29, 0.717) is 5.75 Å². The van der Waals surface area contributed by atoms with Crippen molar-refractivity contribution in [3.05, 3.63) is 29.3 Å². The Morgan fingerprint density at radius 3 is 2.75 bits per heavy atom. The number of fused-ring (bicyclic) bond motifs is 1. The van der Waals surface area contributed by atoms with E-state index < -0.39 is 23.8 Å². The number of carboxylic acids is 1. The molecule has 2 rings (SSSR count). The van der Waals surface area contributed by atoms with Gasteiger partial charge in [-0.25, -0.2) is 4.79 Å². The van der Waals surface area contributed by atoms with Crippen LogP contribution in [0, 0.1) is 0 Å². The van der Waals surface area contributed by atoms with E-state index in [2.05, 4.69) is 6.92 Å². The number of carboxylic acid groups (broad SMARTS) is 1. The van der Waals surface area contributed by atoms with E-state index in [4.69, 9.17) is 14.0 Å². The molecule has 0 fully saturated rings. The number of benzene rings is 1. The summed E-state index contributed by atoms with van der Waals surface area (Å²) in [6.07, 6.45) is -3.16. The highest BCUT2D eigenvalue weighted by Gasteiger charge is 2.48. The third kappa shape index (κ3) is 4.59. The van der Waals surface area contributed by atoms with Crippen molar-refractivity contribution in [3.8, 4) is 11.5 Å². The van der Waals surface area contributed by atoms with Crippen molar-refractivity contribution in [1.82, 2.24) is 0 Å². The Labute approximate surface area is 141 Å². The summed E-state index contributed by atoms with van der Waals surface area (Å²) < 4.78 is 49.3. The van der Waals surface area contributed by atoms with Crippen LogP contribution in [0.5, 0.6) is 11.5 Å². The fraction of sp³-hybridized carbons (Fsp3) is 0.438. The molecule has 0 radical (unpaired) electrons. The molecule has 1 aliphatic rings. The SMILES string of the molecule is CCCCCSOc1ccc2c(c1)OC(C(F)(F)F)C(C(=O)O)=C2. The summed E-state index contributed by atoms with van der Waals surface area (Å²) >= 11 is 1.22. The van der Waals surface area contributed by atoms with Crippen LogP contribution in [0.15, 0.2) is 23.8 Å². The summed E-state index contributed by atoms with van der Waals surface area (Å²) in [4.78, 5) is 11.0. The maximum atomic E-state index is 13.0. The molecule has 1 unspecified atom stereocenters. The lowest BCUT2D eigenvalue weighted by Crippen LogP contribution is -2.40. The molecule has 0 aliphatic carbocycles. The number of unbranched alkanes of at least 4 members (excludes halogenated alkanes) is 2. The molecular formula is C16H17F3O4S. The van der Waals surface area contributed by atoms with E-state index in [0.717, 1.165) is 31.1 Å². The number of carbonyl (C=O) groups is 1. The zero-order valence-corrected chi connectivity index (χ0v) is 13.7. The van der Waals surface area contributed by atoms with Crippen molar-refractivity contribution in [1.29, 1.82) is 0 Å². The van der Waals surface area contributed by atoms with Crippen LogP contribution >= 0.6 is 12.0 Å². The van der Waals surface area contributed by atoms with Crippen molar-refractivity contribution in [2.75, 3.05) is 5.75 Å². The Balaban J connectivity index is 2.14. The zero-order valence-electron chi connectivity index (χ0n) is 12.9. The number of rotatable bonds is 7. The first-order valence-electron chi connectivity index (χ1n) is 7.44. The fourth-order valence-corrected chi connectivity index (χ4v) is 2.80. The Kier molecular flexibility index (Phi) is 6.04. The quantitative estimate of drug-likeness (QED) is 0.563. The van der Waals surface area contributed by atoms with Gasteiger partial charge in [0.1, 0.15) is 11.5 Å². The molecule has 0 saturated heterocycles. The van der Waals surface area contributed by atoms with Crippen LogP contribution in [0.2, 0.25) is 0 Å². The molecule has 0 aromatic heterocycles. The van der Waals surface area contributed by atoms with Gasteiger partial charge in [-0.3, -0.25) is 0 Å². The van der Waals surface area contributed by atoms with Gasteiger partial charge < -0.3 is 14.0 Å². The first kappa shape index (κ1) is 18.5. The highest BCUT2D eigenvalue weighted by atomic mass is 32.2. The Morgan fingerprint density at radius 1 is 1.38 bits per heavy atom. The van der Waals surface area contributed by atoms with Crippen LogP contribution < -0.4 is 8.92 Å². The minimum Gasteiger partial charge on any atom is -0.478 e. The van der Waals surface area contributed by atoms with Gasteiger partial charge in [-0.15, -0.1) is 0 Å². The van der Waals surface area contributed by atoms with Crippen LogP contribution in [0.4, 0.5) is 13.2 Å². The minimum atomic E-state index is -4.81. The van der Waals surface area contributed by atoms with Gasteiger partial charge in [0.2, 0.25) is 6.10 Å². The smallest absolute Gasteiger partial charge is 0.430 e. The fourth-order valence-electron chi connectivity index (χ4n) is 2.16. The third-order valence-electron chi connectivity index (χ3n) is 3.35. The largest absolute Gasteiger partial charge is 0.478 e. The molecule has 24 heavy (non-hydrogen) atoms. The van der Waals surface area contributed by atoms with E-state index in [1.807, 2.05) is 0 Å². The van der Waals surface area contributed by atoms with Crippen LogP contribution in [0.1, 0.15) is 31.7 Å². The van der Waals surface area contributed by atoms with Gasteiger partial charge in [0.25, 0.3) is 0 Å². The number of alkyl halides is 3. The molecule has 1 aromatic rings. The molecule has 1 heterocycles. The molecular weight excluding hydrogens is 345 g/mol. The predicted molar refractivity (Wildman–Crippen MR) is 85.1 cm³/mol. The second-order valence-corrected chi connectivity index (χ2v) is 6.07. The summed E-state index contributed by atoms with van der Waals surface area (Å²) in [5.41, 5.74) is -0.561. The van der Waals surface area contributed by atoms with E-state index in [1.165, 1.54) is 24.2 Å². The summed E-state index contributed by atoms with van der Waals surface area (Å²) in [7, 11) is 0. The van der Waals surface area contributed by atoms with Gasteiger partial charge in [0.15, 0.2) is 0 Å². The topological polar surface area (TPSA) is 55.8 Å². The maximum Gasteiger partial charge on any atom is 0.430 e. The molecule has 4 nitrogen and oxygen atoms in total. The van der Waals surface area contributed by atoms with Crippen LogP contribution in [-0.4, -0.2) is 29.1 Å². The first-order valence-corrected chi connectivity index (χ1v) is 8.35. The number of hydrogen-bond donors (Lipinski definition) is 1. The monoisotopic (exact) mass is 362 g/mol. The summed E-state index contributed by atoms with van der Waals surface area (Å²) in [5, 5.41) is 8.96. The Bertz CT molecular complexity index is 628. The third-order valence-corrected chi connectivity index (χ3v) is 4.12. The van der Waals surface area contributed by atoms with Crippen molar-refractivity contribution < 1.29 is 32.0 Å². The van der Waals surface area contributed by atoms with Crippen molar-refractivity contribution >= 4 is 24.1 Å². The first-order chi connectivity index (χ1) is 11.3. The summed E-state index contributed by atoms with van der Waals surface area (Å²) in [6.45, 7) is 2.09. The van der Waals surface area contributed by atoms with E-state index in [9.17, 15) is 18.0 Å². The van der Waals surface area contributed by atoms with Crippen molar-refractivity contribution in [3.63, 3.8) is 0 Å². The van der Waals surface area contributed by atoms with Crippen molar-refractivity contribution in [2.45, 2.75) is 38.5 Å². The van der Waals surface area contributed by atoms with E-state index in [-0.39, 0.29) is 11.3 Å². The molecule has 1 aliphatic heterocycles. The standard InChI is InChI=1S/C16H17F3O4S/c1-2-3-4-7-24-23-11-6-5-10-8-12(15(20)21)14(16(17,18)19)22-13(10)9-11/h5-6,8-9,14H,2-4,7H2,1H3,(H,20,21). The van der Waals surface area contributed by atoms with E-state index >= 15 is 0 Å². The lowest BCUT2D eigenvalue weighted by molar-refractivity contribution is -0.187. The number of hydrogen-bond acceptors (Lipinski definition) is 4. The van der Waals surface area contributed by atoms with Gasteiger partial charge in [-0.05, 0) is 24.6 Å². The van der Waals surface area contributed by atoms with Crippen LogP contribution in [0.25, 0.3) is 6.08 Å². The molecule has 1 atom stereocenters. The second-order valence-electron chi connectivity index (χ2n) is 5.26. The molecule has 1 N–H and O–H groups in total. The Hall–Kier alpha value is -1.83. The number of ether oxygens (including phenoxy) is 1. The molecule has 0 spiro atoms. The maximum absolute atomic E-state index is 13.0. The summed E-state index contributed by atoms with van der Waals surface area (Å²) in [5.74, 6) is -0.563. The number of aliphatic carboxylic acids is 1. The van der Waals surface area contributed by atoms with Gasteiger partial charge in [0.05, 0.1) is 17.6 Å². The molecule has 0 saturated carbocycles. The average molecular weight is 362 g/mol. The summed E-state index contributed by atoms with van der Waals surface area (Å²) in [6, 6.07) is 4.39. The number of halogens is 3. The molecule has 0 amide bonds. The molecule has 132 valence electrons.